The molecule has 1 rings (SSSR count). The van der Waals surface area contributed by atoms with Crippen LogP contribution in [0, 0.1) is 0 Å². The molecule has 0 fully saturated rings. The molecule has 1 aromatic rings. The molecule has 1 unspecified atom stereocenters. The molecule has 0 heterocycles. The van der Waals surface area contributed by atoms with Crippen molar-refractivity contribution in [1.29, 1.82) is 0 Å². The Bertz CT molecular complexity index is 555. The van der Waals surface area contributed by atoms with Gasteiger partial charge in [-0.05, 0) is 25.0 Å². The van der Waals surface area contributed by atoms with Crippen molar-refractivity contribution in [3.05, 3.63) is 35.9 Å². The first-order valence-electron chi connectivity index (χ1n) is 7.16. The Kier molecular flexibility index (Phi) is 9.66. The third kappa shape index (κ3) is 5.92. The highest BCUT2D eigenvalue weighted by atomic mass is 32.4. The number of carbonyl (C=O) groups excluding carboxylic acids is 2. The minimum absolute atomic E-state index is 0.00857. The first-order valence-corrected chi connectivity index (χ1v) is 11.7. The fourth-order valence-corrected chi connectivity index (χ4v) is 6.03. The summed E-state index contributed by atoms with van der Waals surface area (Å²) in [5.74, 6) is -0.477. The highest BCUT2D eigenvalue weighted by molar-refractivity contribution is 8.27. The molecule has 1 atom stereocenters. The van der Waals surface area contributed by atoms with Gasteiger partial charge in [0.2, 0.25) is 7.36 Å². The van der Waals surface area contributed by atoms with Crippen LogP contribution < -0.4 is 0 Å². The SMILES string of the molecule is CCOC(=O)CN(C(=O)OCc1ccccc1)C([PH+]=S)(SC)SC. The second kappa shape index (κ2) is 10.9. The highest BCUT2D eigenvalue weighted by Gasteiger charge is 2.47. The van der Waals surface area contributed by atoms with Crippen molar-refractivity contribution in [2.75, 3.05) is 25.7 Å². The molecule has 0 aliphatic carbocycles. The van der Waals surface area contributed by atoms with Crippen molar-refractivity contribution in [2.24, 2.45) is 0 Å². The average molecular weight is 407 g/mol. The van der Waals surface area contributed by atoms with Crippen LogP contribution in [-0.2, 0) is 32.7 Å². The van der Waals surface area contributed by atoms with E-state index in [-0.39, 0.29) is 27.1 Å². The minimum atomic E-state index is -0.726. The molecule has 24 heavy (non-hydrogen) atoms. The Morgan fingerprint density at radius 3 is 2.33 bits per heavy atom. The predicted octanol–water partition coefficient (Wildman–Crippen LogP) is 3.67. The molecule has 1 amide bonds. The van der Waals surface area contributed by atoms with E-state index in [9.17, 15) is 9.59 Å². The number of ether oxygens (including phenoxy) is 2. The van der Waals surface area contributed by atoms with Crippen molar-refractivity contribution in [3.63, 3.8) is 0 Å². The van der Waals surface area contributed by atoms with Crippen LogP contribution >= 0.6 is 30.9 Å². The largest absolute Gasteiger partial charge is 0.465 e. The third-order valence-electron chi connectivity index (χ3n) is 3.06. The summed E-state index contributed by atoms with van der Waals surface area (Å²) in [5.41, 5.74) is 0.877. The van der Waals surface area contributed by atoms with Crippen LogP contribution in [0.5, 0.6) is 0 Å². The monoisotopic (exact) mass is 406 g/mol. The molecule has 0 aliphatic heterocycles. The van der Waals surface area contributed by atoms with Crippen molar-refractivity contribution in [3.8, 4) is 0 Å². The second-order valence-corrected chi connectivity index (χ2v) is 9.04. The Balaban J connectivity index is 2.91. The van der Waals surface area contributed by atoms with E-state index >= 15 is 0 Å². The Morgan fingerprint density at radius 2 is 1.83 bits per heavy atom. The van der Waals surface area contributed by atoms with Crippen LogP contribution in [0.3, 0.4) is 0 Å². The number of carbonyl (C=O) groups is 2. The van der Waals surface area contributed by atoms with Crippen LogP contribution in [0.15, 0.2) is 30.3 Å². The van der Waals surface area contributed by atoms with Gasteiger partial charge in [0.15, 0.2) is 11.8 Å². The van der Waals surface area contributed by atoms with Crippen LogP contribution in [0.4, 0.5) is 4.79 Å². The number of thioether (sulfide) groups is 2. The van der Waals surface area contributed by atoms with E-state index in [0.717, 1.165) is 5.56 Å². The zero-order chi connectivity index (χ0) is 18.0. The number of hydrogen-bond acceptors (Lipinski definition) is 7. The molecule has 0 spiro atoms. The van der Waals surface area contributed by atoms with Gasteiger partial charge in [-0.25, -0.2) is 9.69 Å². The summed E-state index contributed by atoms with van der Waals surface area (Å²) >= 11 is 8.11. The standard InChI is InChI=1S/C15H20NO4PS3/c1-4-19-13(17)10-16(15(21-22,23-2)24-3)14(18)20-11-12-8-6-5-7-9-12/h5-9H,4,10-11H2,1-3H3/p+1. The van der Waals surface area contributed by atoms with E-state index in [0.29, 0.717) is 0 Å². The number of esters is 1. The van der Waals surface area contributed by atoms with E-state index in [1.807, 2.05) is 42.8 Å². The van der Waals surface area contributed by atoms with Gasteiger partial charge in [0, 0.05) is 0 Å². The zero-order valence-electron chi connectivity index (χ0n) is 13.8. The van der Waals surface area contributed by atoms with E-state index in [4.69, 9.17) is 21.3 Å². The summed E-state index contributed by atoms with van der Waals surface area (Å²) in [6, 6.07) is 9.38. The number of hydrogen-bond donors (Lipinski definition) is 0. The van der Waals surface area contributed by atoms with Gasteiger partial charge >= 0.3 is 16.0 Å². The molecule has 0 radical (unpaired) electrons. The van der Waals surface area contributed by atoms with Crippen molar-refractivity contribution in [2.45, 2.75) is 17.5 Å². The lowest BCUT2D eigenvalue weighted by Crippen LogP contribution is -2.47. The minimum Gasteiger partial charge on any atom is -0.465 e. The van der Waals surface area contributed by atoms with Gasteiger partial charge < -0.3 is 9.47 Å². The molecular formula is C15H21NO4PS3+. The van der Waals surface area contributed by atoms with Crippen molar-refractivity contribution < 1.29 is 19.1 Å². The van der Waals surface area contributed by atoms with E-state index in [1.54, 1.807) is 6.92 Å². The predicted molar refractivity (Wildman–Crippen MR) is 105 cm³/mol. The van der Waals surface area contributed by atoms with E-state index in [2.05, 4.69) is 0 Å². The first kappa shape index (κ1) is 21.2. The van der Waals surface area contributed by atoms with Gasteiger partial charge in [-0.15, -0.1) is 0 Å². The molecule has 0 N–H and O–H groups in total. The summed E-state index contributed by atoms with van der Waals surface area (Å²) < 4.78 is 9.64. The van der Waals surface area contributed by atoms with Crippen LogP contribution in [-0.4, -0.2) is 46.6 Å². The topological polar surface area (TPSA) is 55.8 Å². The Morgan fingerprint density at radius 1 is 1.21 bits per heavy atom. The summed E-state index contributed by atoms with van der Waals surface area (Å²) in [7, 11) is -0.00857. The first-order chi connectivity index (χ1) is 11.5. The molecule has 0 aromatic heterocycles. The lowest BCUT2D eigenvalue weighted by atomic mass is 10.2. The van der Waals surface area contributed by atoms with Crippen molar-refractivity contribution >= 4 is 54.7 Å². The lowest BCUT2D eigenvalue weighted by molar-refractivity contribution is -0.144. The summed E-state index contributed by atoms with van der Waals surface area (Å²) in [5, 5.41) is 0. The Labute approximate surface area is 157 Å². The van der Waals surface area contributed by atoms with Gasteiger partial charge in [-0.1, -0.05) is 53.9 Å². The fraction of sp³-hybridized carbons (Fsp3) is 0.467. The average Bonchev–Trinajstić information content (AvgIpc) is 2.61. The number of amides is 1. The van der Waals surface area contributed by atoms with Crippen molar-refractivity contribution in [1.82, 2.24) is 4.90 Å². The van der Waals surface area contributed by atoms with Crippen LogP contribution in [0.2, 0.25) is 0 Å². The van der Waals surface area contributed by atoms with Gasteiger partial charge in [-0.2, -0.15) is 0 Å². The van der Waals surface area contributed by atoms with Gasteiger partial charge in [0.05, 0.1) is 6.61 Å². The zero-order valence-corrected chi connectivity index (χ0v) is 17.3. The van der Waals surface area contributed by atoms with Gasteiger partial charge in [0.1, 0.15) is 13.2 Å². The summed E-state index contributed by atoms with van der Waals surface area (Å²) in [4.78, 5) is 25.9. The maximum Gasteiger partial charge on any atom is 0.415 e. The van der Waals surface area contributed by atoms with E-state index in [1.165, 1.54) is 28.4 Å². The normalized spacial score (nSPS) is 11.1. The maximum absolute atomic E-state index is 12.6. The quantitative estimate of drug-likeness (QED) is 0.352. The molecule has 132 valence electrons. The van der Waals surface area contributed by atoms with Gasteiger partial charge in [0.25, 0.3) is 0 Å². The molecule has 5 nitrogen and oxygen atoms in total. The molecule has 0 aliphatic rings. The van der Waals surface area contributed by atoms with Crippen LogP contribution in [0.25, 0.3) is 0 Å². The highest BCUT2D eigenvalue weighted by Crippen LogP contribution is 2.47. The van der Waals surface area contributed by atoms with E-state index < -0.39 is 16.0 Å². The summed E-state index contributed by atoms with van der Waals surface area (Å²) in [6.45, 7) is 1.93. The molecule has 9 heteroatoms. The van der Waals surface area contributed by atoms with Gasteiger partial charge in [-0.3, -0.25) is 4.79 Å². The number of nitrogens with zero attached hydrogens (tertiary/aromatic N) is 1. The van der Waals surface area contributed by atoms with Crippen LogP contribution in [0.1, 0.15) is 12.5 Å². The summed E-state index contributed by atoms with van der Waals surface area (Å²) in [6.07, 6.45) is 3.14. The molecule has 1 aromatic carbocycles. The number of benzene rings is 1. The Hall–Kier alpha value is -0.820. The molecule has 0 bridgehead atoms. The second-order valence-electron chi connectivity index (χ2n) is 4.52. The molecule has 0 saturated heterocycles. The lowest BCUT2D eigenvalue weighted by Gasteiger charge is -2.30. The molecular weight excluding hydrogens is 385 g/mol. The fourth-order valence-electron chi connectivity index (χ4n) is 1.86. The smallest absolute Gasteiger partial charge is 0.415 e. The number of rotatable bonds is 9. The third-order valence-corrected chi connectivity index (χ3v) is 9.63. The molecule has 0 saturated carbocycles. The maximum atomic E-state index is 12.6.